The molecule has 1 heterocycles. The van der Waals surface area contributed by atoms with E-state index in [1.807, 2.05) is 24.1 Å². The molecule has 1 saturated heterocycles. The molecule has 2 aliphatic rings. The predicted octanol–water partition coefficient (Wildman–Crippen LogP) is 3.15. The molecule has 0 aromatic heterocycles. The Bertz CT molecular complexity index is 991. The first kappa shape index (κ1) is 25.3. The van der Waals surface area contributed by atoms with Crippen LogP contribution in [0.3, 0.4) is 0 Å². The molecule has 3 atom stereocenters. The lowest BCUT2D eigenvalue weighted by molar-refractivity contribution is -0.135. The Balaban J connectivity index is 1.26. The van der Waals surface area contributed by atoms with Crippen LogP contribution in [0.1, 0.15) is 47.5 Å². The first-order valence-electron chi connectivity index (χ1n) is 12.4. The smallest absolute Gasteiger partial charge is 0.251 e. The molecule has 2 aromatic rings. The molecule has 1 aliphatic carbocycles. The zero-order valence-corrected chi connectivity index (χ0v) is 20.2. The second-order valence-corrected chi connectivity index (χ2v) is 9.61. The quantitative estimate of drug-likeness (QED) is 0.509. The summed E-state index contributed by atoms with van der Waals surface area (Å²) < 4.78 is 26.4. The van der Waals surface area contributed by atoms with E-state index in [4.69, 9.17) is 0 Å². The summed E-state index contributed by atoms with van der Waals surface area (Å²) in [5.41, 5.74) is 1.50. The van der Waals surface area contributed by atoms with Crippen molar-refractivity contribution in [3.63, 3.8) is 0 Å². The third kappa shape index (κ3) is 7.08. The maximum Gasteiger partial charge on any atom is 0.251 e. The largest absolute Gasteiger partial charge is 0.340 e. The lowest BCUT2D eigenvalue weighted by Gasteiger charge is -2.34. The maximum atomic E-state index is 13.2. The number of hydrogen-bond acceptors (Lipinski definition) is 4. The summed E-state index contributed by atoms with van der Waals surface area (Å²) in [6, 6.07) is 11.8. The Morgan fingerprint density at radius 3 is 2.23 bits per heavy atom. The van der Waals surface area contributed by atoms with Gasteiger partial charge < -0.3 is 20.4 Å². The number of piperazine rings is 1. The summed E-state index contributed by atoms with van der Waals surface area (Å²) in [6.07, 6.45) is 3.26. The summed E-state index contributed by atoms with van der Waals surface area (Å²) in [5.74, 6) is -0.615. The Kier molecular flexibility index (Phi) is 8.46. The van der Waals surface area contributed by atoms with Crippen molar-refractivity contribution in [2.75, 3.05) is 39.8 Å². The van der Waals surface area contributed by atoms with Gasteiger partial charge in [0, 0.05) is 43.7 Å². The van der Waals surface area contributed by atoms with Crippen molar-refractivity contribution >= 4 is 11.8 Å². The molecule has 2 N–H and O–H groups in total. The first-order valence-corrected chi connectivity index (χ1v) is 12.4. The number of benzene rings is 2. The van der Waals surface area contributed by atoms with E-state index in [9.17, 15) is 18.4 Å². The van der Waals surface area contributed by atoms with E-state index in [0.717, 1.165) is 44.5 Å². The Labute approximate surface area is 205 Å². The molecule has 1 aliphatic heterocycles. The third-order valence-electron chi connectivity index (χ3n) is 6.94. The van der Waals surface area contributed by atoms with Crippen LogP contribution in [0.25, 0.3) is 0 Å². The van der Waals surface area contributed by atoms with E-state index >= 15 is 0 Å². The molecule has 188 valence electrons. The van der Waals surface area contributed by atoms with Gasteiger partial charge in [0.05, 0.1) is 0 Å². The molecule has 1 saturated carbocycles. The summed E-state index contributed by atoms with van der Waals surface area (Å²) in [4.78, 5) is 30.0. The van der Waals surface area contributed by atoms with E-state index < -0.39 is 11.9 Å². The van der Waals surface area contributed by atoms with Gasteiger partial charge in [-0.15, -0.1) is 0 Å². The van der Waals surface area contributed by atoms with Crippen LogP contribution in [0, 0.1) is 11.6 Å². The van der Waals surface area contributed by atoms with E-state index in [1.54, 1.807) is 0 Å². The molecule has 2 aromatic carbocycles. The monoisotopic (exact) mass is 484 g/mol. The number of hydrogen-bond donors (Lipinski definition) is 2. The molecule has 4 rings (SSSR count). The van der Waals surface area contributed by atoms with Gasteiger partial charge in [-0.05, 0) is 81.2 Å². The highest BCUT2D eigenvalue weighted by Crippen LogP contribution is 2.40. The molecular formula is C27H34F2N4O2. The third-order valence-corrected chi connectivity index (χ3v) is 6.94. The normalized spacial score (nSPS) is 20.9. The van der Waals surface area contributed by atoms with Crippen molar-refractivity contribution in [3.05, 3.63) is 71.3 Å². The number of likely N-dealkylation sites (N-methyl/N-ethyl adjacent to an activating group) is 1. The second-order valence-electron chi connectivity index (χ2n) is 9.61. The molecule has 8 heteroatoms. The number of nitrogens with one attached hydrogen (secondary N) is 2. The van der Waals surface area contributed by atoms with Crippen molar-refractivity contribution < 1.29 is 18.4 Å². The van der Waals surface area contributed by atoms with Gasteiger partial charge in [-0.25, -0.2) is 8.78 Å². The molecule has 6 nitrogen and oxygen atoms in total. The summed E-state index contributed by atoms with van der Waals surface area (Å²) in [5, 5.41) is 6.43. The van der Waals surface area contributed by atoms with Crippen molar-refractivity contribution in [2.24, 2.45) is 0 Å². The fourth-order valence-electron chi connectivity index (χ4n) is 4.61. The van der Waals surface area contributed by atoms with E-state index in [-0.39, 0.29) is 17.6 Å². The number of nitrogens with zero attached hydrogens (tertiary/aromatic N) is 2. The minimum atomic E-state index is -0.608. The van der Waals surface area contributed by atoms with Gasteiger partial charge in [0.1, 0.15) is 17.7 Å². The Hall–Kier alpha value is -2.84. The highest BCUT2D eigenvalue weighted by Gasteiger charge is 2.37. The standard InChI is InChI=1S/C27H34F2N4O2/c1-32-14-16-33(17-15-32)27(35)24(31-26(34)20-7-11-22(29)12-8-20)4-2-3-13-30-25-18-23(25)19-5-9-21(28)10-6-19/h5-12,23-25,30H,2-4,13-18H2,1H3,(H,31,34)/t23-,24-,25?/m0/s1. The zero-order chi connectivity index (χ0) is 24.8. The van der Waals surface area contributed by atoms with Crippen molar-refractivity contribution in [1.82, 2.24) is 20.4 Å². The highest BCUT2D eigenvalue weighted by atomic mass is 19.1. The van der Waals surface area contributed by atoms with Crippen LogP contribution >= 0.6 is 0 Å². The van der Waals surface area contributed by atoms with Gasteiger partial charge in [0.15, 0.2) is 0 Å². The Morgan fingerprint density at radius 2 is 1.57 bits per heavy atom. The number of halogens is 2. The fraction of sp³-hybridized carbons (Fsp3) is 0.481. The van der Waals surface area contributed by atoms with E-state index in [1.165, 1.54) is 36.4 Å². The number of carbonyl (C=O) groups excluding carboxylic acids is 2. The minimum Gasteiger partial charge on any atom is -0.340 e. The molecule has 0 bridgehead atoms. The summed E-state index contributed by atoms with van der Waals surface area (Å²) in [7, 11) is 2.03. The number of amides is 2. The summed E-state index contributed by atoms with van der Waals surface area (Å²) in [6.45, 7) is 3.73. The van der Waals surface area contributed by atoms with Crippen LogP contribution in [-0.2, 0) is 4.79 Å². The van der Waals surface area contributed by atoms with Crippen molar-refractivity contribution in [1.29, 1.82) is 0 Å². The minimum absolute atomic E-state index is 0.0555. The van der Waals surface area contributed by atoms with Gasteiger partial charge in [-0.2, -0.15) is 0 Å². The highest BCUT2D eigenvalue weighted by molar-refractivity contribution is 5.97. The van der Waals surface area contributed by atoms with Crippen molar-refractivity contribution in [2.45, 2.75) is 43.7 Å². The number of unbranched alkanes of at least 4 members (excludes halogenated alkanes) is 1. The first-order chi connectivity index (χ1) is 16.9. The number of rotatable bonds is 10. The molecular weight excluding hydrogens is 450 g/mol. The average molecular weight is 485 g/mol. The molecule has 2 amide bonds. The fourth-order valence-corrected chi connectivity index (χ4v) is 4.61. The van der Waals surface area contributed by atoms with Gasteiger partial charge in [0.25, 0.3) is 5.91 Å². The van der Waals surface area contributed by atoms with Gasteiger partial charge in [0.2, 0.25) is 5.91 Å². The van der Waals surface area contributed by atoms with E-state index in [2.05, 4.69) is 15.5 Å². The van der Waals surface area contributed by atoms with Crippen molar-refractivity contribution in [3.8, 4) is 0 Å². The molecule has 1 unspecified atom stereocenters. The second kappa shape index (κ2) is 11.7. The maximum absolute atomic E-state index is 13.2. The molecule has 0 radical (unpaired) electrons. The predicted molar refractivity (Wildman–Crippen MR) is 131 cm³/mol. The zero-order valence-electron chi connectivity index (χ0n) is 20.2. The van der Waals surface area contributed by atoms with Crippen LogP contribution in [0.2, 0.25) is 0 Å². The number of carbonyl (C=O) groups is 2. The lowest BCUT2D eigenvalue weighted by Crippen LogP contribution is -2.54. The van der Waals surface area contributed by atoms with Crippen LogP contribution in [0.5, 0.6) is 0 Å². The van der Waals surface area contributed by atoms with Crippen LogP contribution in [-0.4, -0.2) is 73.5 Å². The SMILES string of the molecule is CN1CCN(C(=O)[C@H](CCCCNC2C[C@H]2c2ccc(F)cc2)NC(=O)c2ccc(F)cc2)CC1. The van der Waals surface area contributed by atoms with Gasteiger partial charge in [-0.3, -0.25) is 9.59 Å². The molecule has 0 spiro atoms. The Morgan fingerprint density at radius 1 is 0.943 bits per heavy atom. The molecule has 35 heavy (non-hydrogen) atoms. The topological polar surface area (TPSA) is 64.7 Å². The summed E-state index contributed by atoms with van der Waals surface area (Å²) >= 11 is 0. The van der Waals surface area contributed by atoms with Gasteiger partial charge in [-0.1, -0.05) is 12.1 Å². The average Bonchev–Trinajstić information content (AvgIpc) is 3.63. The molecule has 2 fully saturated rings. The van der Waals surface area contributed by atoms with E-state index in [0.29, 0.717) is 37.0 Å². The van der Waals surface area contributed by atoms with Crippen LogP contribution < -0.4 is 10.6 Å². The van der Waals surface area contributed by atoms with Gasteiger partial charge >= 0.3 is 0 Å². The van der Waals surface area contributed by atoms with Crippen LogP contribution in [0.4, 0.5) is 8.78 Å². The van der Waals surface area contributed by atoms with Crippen LogP contribution in [0.15, 0.2) is 48.5 Å². The lowest BCUT2D eigenvalue weighted by atomic mass is 10.1.